The normalized spacial score (nSPS) is 12.9. The summed E-state index contributed by atoms with van der Waals surface area (Å²) >= 11 is 5.70. The number of para-hydroxylation sites is 1. The van der Waals surface area contributed by atoms with Gasteiger partial charge in [0.2, 0.25) is 0 Å². The van der Waals surface area contributed by atoms with E-state index in [1.54, 1.807) is 0 Å². The van der Waals surface area contributed by atoms with Gasteiger partial charge in [-0.05, 0) is 19.1 Å². The SMILES string of the molecule is C=C(Cl)CNC(C)c1cc2ccccc2o1. The van der Waals surface area contributed by atoms with Gasteiger partial charge in [-0.25, -0.2) is 0 Å². The van der Waals surface area contributed by atoms with E-state index in [-0.39, 0.29) is 6.04 Å². The highest BCUT2D eigenvalue weighted by Gasteiger charge is 2.10. The number of hydrogen-bond donors (Lipinski definition) is 1. The number of halogens is 1. The molecule has 0 radical (unpaired) electrons. The molecule has 2 aromatic rings. The monoisotopic (exact) mass is 235 g/mol. The van der Waals surface area contributed by atoms with Gasteiger partial charge in [0.1, 0.15) is 11.3 Å². The standard InChI is InChI=1S/C13H14ClNO/c1-9(14)8-15-10(2)13-7-11-5-3-4-6-12(11)16-13/h3-7,10,15H,1,8H2,2H3. The topological polar surface area (TPSA) is 25.2 Å². The quantitative estimate of drug-likeness (QED) is 0.871. The van der Waals surface area contributed by atoms with Crippen molar-refractivity contribution in [1.29, 1.82) is 0 Å². The van der Waals surface area contributed by atoms with E-state index in [2.05, 4.69) is 11.9 Å². The van der Waals surface area contributed by atoms with Gasteiger partial charge in [-0.3, -0.25) is 0 Å². The van der Waals surface area contributed by atoms with Crippen LogP contribution in [0.3, 0.4) is 0 Å². The van der Waals surface area contributed by atoms with E-state index in [1.165, 1.54) is 0 Å². The summed E-state index contributed by atoms with van der Waals surface area (Å²) in [5, 5.41) is 4.96. The van der Waals surface area contributed by atoms with E-state index in [4.69, 9.17) is 16.0 Å². The average molecular weight is 236 g/mol. The number of rotatable bonds is 4. The van der Waals surface area contributed by atoms with Crippen molar-refractivity contribution in [2.24, 2.45) is 0 Å². The summed E-state index contributed by atoms with van der Waals surface area (Å²) in [6.45, 7) is 6.26. The lowest BCUT2D eigenvalue weighted by Crippen LogP contribution is -2.19. The zero-order chi connectivity index (χ0) is 11.5. The summed E-state index contributed by atoms with van der Waals surface area (Å²) in [6.07, 6.45) is 0. The molecule has 0 amide bonds. The minimum absolute atomic E-state index is 0.128. The Morgan fingerprint density at radius 1 is 1.50 bits per heavy atom. The Balaban J connectivity index is 2.16. The molecule has 0 fully saturated rings. The van der Waals surface area contributed by atoms with Crippen LogP contribution in [0, 0.1) is 0 Å². The Morgan fingerprint density at radius 2 is 2.25 bits per heavy atom. The molecule has 2 rings (SSSR count). The van der Waals surface area contributed by atoms with Crippen molar-refractivity contribution in [2.45, 2.75) is 13.0 Å². The third kappa shape index (κ3) is 2.46. The molecule has 3 heteroatoms. The lowest BCUT2D eigenvalue weighted by molar-refractivity contribution is 0.464. The lowest BCUT2D eigenvalue weighted by Gasteiger charge is -2.09. The fraction of sp³-hybridized carbons (Fsp3) is 0.231. The van der Waals surface area contributed by atoms with Crippen molar-refractivity contribution in [3.05, 3.63) is 47.7 Å². The molecule has 1 N–H and O–H groups in total. The van der Waals surface area contributed by atoms with Gasteiger partial charge in [0, 0.05) is 17.0 Å². The predicted molar refractivity (Wildman–Crippen MR) is 67.6 cm³/mol. The average Bonchev–Trinajstić information content (AvgIpc) is 2.69. The van der Waals surface area contributed by atoms with Crippen LogP contribution in [0.4, 0.5) is 0 Å². The van der Waals surface area contributed by atoms with Crippen LogP contribution in [0.2, 0.25) is 0 Å². The van der Waals surface area contributed by atoms with Gasteiger partial charge in [0.15, 0.2) is 0 Å². The van der Waals surface area contributed by atoms with Gasteiger partial charge < -0.3 is 9.73 Å². The van der Waals surface area contributed by atoms with Crippen molar-refractivity contribution in [3.63, 3.8) is 0 Å². The molecular weight excluding hydrogens is 222 g/mol. The summed E-state index contributed by atoms with van der Waals surface area (Å²) in [5.41, 5.74) is 0.913. The van der Waals surface area contributed by atoms with Crippen LogP contribution in [0.25, 0.3) is 11.0 Å². The van der Waals surface area contributed by atoms with Gasteiger partial charge in [0.05, 0.1) is 6.04 Å². The molecule has 0 aliphatic carbocycles. The fourth-order valence-electron chi connectivity index (χ4n) is 1.58. The maximum Gasteiger partial charge on any atom is 0.134 e. The molecule has 1 aromatic carbocycles. The Labute approximate surface area is 99.9 Å². The largest absolute Gasteiger partial charge is 0.459 e. The predicted octanol–water partition coefficient (Wildman–Crippen LogP) is 3.84. The Morgan fingerprint density at radius 3 is 2.94 bits per heavy atom. The van der Waals surface area contributed by atoms with E-state index < -0.39 is 0 Å². The van der Waals surface area contributed by atoms with Gasteiger partial charge in [0.25, 0.3) is 0 Å². The van der Waals surface area contributed by atoms with Crippen LogP contribution in [0.5, 0.6) is 0 Å². The Bertz CT molecular complexity index is 470. The summed E-state index contributed by atoms with van der Waals surface area (Å²) in [7, 11) is 0. The van der Waals surface area contributed by atoms with Gasteiger partial charge in [-0.2, -0.15) is 0 Å². The third-order valence-electron chi connectivity index (χ3n) is 2.47. The highest BCUT2D eigenvalue weighted by molar-refractivity contribution is 6.29. The van der Waals surface area contributed by atoms with E-state index >= 15 is 0 Å². The van der Waals surface area contributed by atoms with Gasteiger partial charge in [-0.15, -0.1) is 0 Å². The molecule has 0 spiro atoms. The highest BCUT2D eigenvalue weighted by atomic mass is 35.5. The second-order valence-electron chi connectivity index (χ2n) is 3.81. The highest BCUT2D eigenvalue weighted by Crippen LogP contribution is 2.23. The third-order valence-corrected chi connectivity index (χ3v) is 2.61. The number of nitrogens with one attached hydrogen (secondary N) is 1. The van der Waals surface area contributed by atoms with Crippen molar-refractivity contribution in [3.8, 4) is 0 Å². The first kappa shape index (κ1) is 11.2. The number of benzene rings is 1. The molecule has 0 saturated carbocycles. The van der Waals surface area contributed by atoms with Crippen molar-refractivity contribution >= 4 is 22.6 Å². The molecule has 2 nitrogen and oxygen atoms in total. The Kier molecular flexibility index (Phi) is 3.32. The second kappa shape index (κ2) is 4.73. The first-order chi connectivity index (χ1) is 7.66. The minimum atomic E-state index is 0.128. The zero-order valence-electron chi connectivity index (χ0n) is 9.16. The minimum Gasteiger partial charge on any atom is -0.459 e. The number of hydrogen-bond acceptors (Lipinski definition) is 2. The smallest absolute Gasteiger partial charge is 0.134 e. The molecule has 1 unspecified atom stereocenters. The Hall–Kier alpha value is -1.25. The summed E-state index contributed by atoms with van der Waals surface area (Å²) in [4.78, 5) is 0. The van der Waals surface area contributed by atoms with Crippen molar-refractivity contribution < 1.29 is 4.42 Å². The molecule has 16 heavy (non-hydrogen) atoms. The number of furan rings is 1. The van der Waals surface area contributed by atoms with Crippen LogP contribution in [-0.4, -0.2) is 6.54 Å². The molecular formula is C13H14ClNO. The van der Waals surface area contributed by atoms with Crippen LogP contribution in [0.15, 0.2) is 46.4 Å². The summed E-state index contributed by atoms with van der Waals surface area (Å²) < 4.78 is 5.73. The first-order valence-corrected chi connectivity index (χ1v) is 5.60. The second-order valence-corrected chi connectivity index (χ2v) is 4.34. The first-order valence-electron chi connectivity index (χ1n) is 5.22. The van der Waals surface area contributed by atoms with Crippen molar-refractivity contribution in [2.75, 3.05) is 6.54 Å². The number of fused-ring (bicyclic) bond motifs is 1. The van der Waals surface area contributed by atoms with Crippen LogP contribution >= 0.6 is 11.6 Å². The molecule has 1 aromatic heterocycles. The maximum absolute atomic E-state index is 5.73. The van der Waals surface area contributed by atoms with E-state index in [0.29, 0.717) is 11.6 Å². The van der Waals surface area contributed by atoms with Crippen LogP contribution < -0.4 is 5.32 Å². The maximum atomic E-state index is 5.73. The zero-order valence-corrected chi connectivity index (χ0v) is 9.92. The molecule has 0 aliphatic heterocycles. The lowest BCUT2D eigenvalue weighted by atomic mass is 10.2. The molecule has 0 saturated heterocycles. The van der Waals surface area contributed by atoms with Crippen LogP contribution in [0.1, 0.15) is 18.7 Å². The molecule has 0 aliphatic rings. The summed E-state index contributed by atoms with van der Waals surface area (Å²) in [6, 6.07) is 10.1. The van der Waals surface area contributed by atoms with E-state index in [0.717, 1.165) is 16.7 Å². The van der Waals surface area contributed by atoms with Gasteiger partial charge in [-0.1, -0.05) is 36.4 Å². The van der Waals surface area contributed by atoms with Gasteiger partial charge >= 0.3 is 0 Å². The van der Waals surface area contributed by atoms with E-state index in [9.17, 15) is 0 Å². The molecule has 1 heterocycles. The van der Waals surface area contributed by atoms with Crippen molar-refractivity contribution in [1.82, 2.24) is 5.32 Å². The van der Waals surface area contributed by atoms with E-state index in [1.807, 2.05) is 37.3 Å². The molecule has 0 bridgehead atoms. The molecule has 84 valence electrons. The fourth-order valence-corrected chi connectivity index (χ4v) is 1.66. The molecule has 1 atom stereocenters. The summed E-state index contributed by atoms with van der Waals surface area (Å²) in [5.74, 6) is 0.916. The van der Waals surface area contributed by atoms with Crippen LogP contribution in [-0.2, 0) is 0 Å².